The van der Waals surface area contributed by atoms with Crippen molar-refractivity contribution in [3.8, 4) is 0 Å². The molecule has 0 aliphatic carbocycles. The van der Waals surface area contributed by atoms with E-state index in [1.165, 1.54) is 24.6 Å². The van der Waals surface area contributed by atoms with Crippen molar-refractivity contribution in [3.05, 3.63) is 24.0 Å². The minimum atomic E-state index is -0.465. The number of hydrogen-bond acceptors (Lipinski definition) is 3. The van der Waals surface area contributed by atoms with Crippen molar-refractivity contribution >= 4 is 17.3 Å². The zero-order valence-electron chi connectivity index (χ0n) is 12.0. The smallest absolute Gasteiger partial charge is 0.238 e. The maximum Gasteiger partial charge on any atom is 0.238 e. The molecule has 2 unspecified atom stereocenters. The van der Waals surface area contributed by atoms with Crippen molar-refractivity contribution in [2.24, 2.45) is 11.8 Å². The standard InChI is InChI=1S/C15H22FN3O/c1-10-5-11(2)8-19(7-10)9-15(20)18-14-6-12(17)3-4-13(14)16/h3-4,6,10-11H,5,7-9,17H2,1-2H3,(H,18,20). The SMILES string of the molecule is CC1CC(C)CN(CC(=O)Nc2cc(N)ccc2F)C1. The number of nitrogen functional groups attached to an aromatic ring is 1. The van der Waals surface area contributed by atoms with Gasteiger partial charge in [-0.3, -0.25) is 9.69 Å². The Hall–Kier alpha value is -1.62. The molecule has 0 aromatic heterocycles. The number of benzene rings is 1. The summed E-state index contributed by atoms with van der Waals surface area (Å²) in [6.07, 6.45) is 1.20. The van der Waals surface area contributed by atoms with Crippen LogP contribution in [0.2, 0.25) is 0 Å². The lowest BCUT2D eigenvalue weighted by molar-refractivity contribution is -0.117. The molecule has 5 heteroatoms. The maximum absolute atomic E-state index is 13.5. The summed E-state index contributed by atoms with van der Waals surface area (Å²) < 4.78 is 13.5. The van der Waals surface area contributed by atoms with Crippen LogP contribution in [0.3, 0.4) is 0 Å². The summed E-state index contributed by atoms with van der Waals surface area (Å²) in [7, 11) is 0. The van der Waals surface area contributed by atoms with Crippen molar-refractivity contribution in [1.82, 2.24) is 4.90 Å². The fourth-order valence-corrected chi connectivity index (χ4v) is 2.95. The zero-order valence-corrected chi connectivity index (χ0v) is 12.0. The highest BCUT2D eigenvalue weighted by molar-refractivity contribution is 5.92. The summed E-state index contributed by atoms with van der Waals surface area (Å²) in [4.78, 5) is 14.1. The van der Waals surface area contributed by atoms with Crippen LogP contribution in [0.4, 0.5) is 15.8 Å². The van der Waals surface area contributed by atoms with Crippen LogP contribution in [0.5, 0.6) is 0 Å². The van der Waals surface area contributed by atoms with E-state index < -0.39 is 5.82 Å². The Labute approximate surface area is 119 Å². The van der Waals surface area contributed by atoms with E-state index in [4.69, 9.17) is 5.73 Å². The van der Waals surface area contributed by atoms with Crippen LogP contribution in [-0.4, -0.2) is 30.4 Å². The third kappa shape index (κ3) is 3.93. The second-order valence-electron chi connectivity index (χ2n) is 5.93. The largest absolute Gasteiger partial charge is 0.399 e. The molecule has 1 amide bonds. The number of piperidine rings is 1. The molecule has 0 radical (unpaired) electrons. The predicted octanol–water partition coefficient (Wildman–Crippen LogP) is 2.32. The van der Waals surface area contributed by atoms with E-state index in [9.17, 15) is 9.18 Å². The van der Waals surface area contributed by atoms with Crippen LogP contribution in [-0.2, 0) is 4.79 Å². The number of halogens is 1. The second-order valence-corrected chi connectivity index (χ2v) is 5.93. The van der Waals surface area contributed by atoms with Crippen LogP contribution in [0.1, 0.15) is 20.3 Å². The minimum absolute atomic E-state index is 0.146. The van der Waals surface area contributed by atoms with Crippen LogP contribution >= 0.6 is 0 Å². The van der Waals surface area contributed by atoms with E-state index in [1.807, 2.05) is 0 Å². The zero-order chi connectivity index (χ0) is 14.7. The number of nitrogens with zero attached hydrogens (tertiary/aromatic N) is 1. The predicted molar refractivity (Wildman–Crippen MR) is 78.8 cm³/mol. The van der Waals surface area contributed by atoms with Gasteiger partial charge >= 0.3 is 0 Å². The molecule has 1 heterocycles. The van der Waals surface area contributed by atoms with E-state index >= 15 is 0 Å². The molecule has 2 rings (SSSR count). The van der Waals surface area contributed by atoms with Crippen molar-refractivity contribution in [2.75, 3.05) is 30.7 Å². The molecule has 110 valence electrons. The molecule has 2 atom stereocenters. The molecular weight excluding hydrogens is 257 g/mol. The van der Waals surface area contributed by atoms with Gasteiger partial charge in [0.25, 0.3) is 0 Å². The Morgan fingerprint density at radius 1 is 1.40 bits per heavy atom. The highest BCUT2D eigenvalue weighted by atomic mass is 19.1. The summed E-state index contributed by atoms with van der Waals surface area (Å²) >= 11 is 0. The van der Waals surface area contributed by atoms with Crippen LogP contribution in [0, 0.1) is 17.7 Å². The van der Waals surface area contributed by atoms with Gasteiger partial charge in [0, 0.05) is 18.8 Å². The lowest BCUT2D eigenvalue weighted by Crippen LogP contribution is -2.42. The lowest BCUT2D eigenvalue weighted by Gasteiger charge is -2.34. The van der Waals surface area contributed by atoms with Gasteiger partial charge in [0.15, 0.2) is 0 Å². The van der Waals surface area contributed by atoms with Crippen molar-refractivity contribution in [2.45, 2.75) is 20.3 Å². The summed E-state index contributed by atoms with van der Waals surface area (Å²) in [6.45, 7) is 6.51. The molecule has 1 aromatic rings. The minimum Gasteiger partial charge on any atom is -0.399 e. The average Bonchev–Trinajstić information content (AvgIpc) is 2.32. The third-order valence-corrected chi connectivity index (χ3v) is 3.58. The van der Waals surface area contributed by atoms with E-state index in [0.717, 1.165) is 13.1 Å². The number of carbonyl (C=O) groups excluding carboxylic acids is 1. The van der Waals surface area contributed by atoms with Gasteiger partial charge in [-0.25, -0.2) is 4.39 Å². The lowest BCUT2D eigenvalue weighted by atomic mass is 9.92. The molecule has 20 heavy (non-hydrogen) atoms. The molecule has 0 spiro atoms. The average molecular weight is 279 g/mol. The molecular formula is C15H22FN3O. The molecule has 1 saturated heterocycles. The number of carbonyl (C=O) groups is 1. The van der Waals surface area contributed by atoms with Gasteiger partial charge in [0.1, 0.15) is 5.82 Å². The highest BCUT2D eigenvalue weighted by Gasteiger charge is 2.23. The Balaban J connectivity index is 1.93. The summed E-state index contributed by atoms with van der Waals surface area (Å²) in [5.41, 5.74) is 6.17. The van der Waals surface area contributed by atoms with Crippen LogP contribution in [0.25, 0.3) is 0 Å². The molecule has 1 aliphatic rings. The van der Waals surface area contributed by atoms with Gasteiger partial charge in [-0.2, -0.15) is 0 Å². The van der Waals surface area contributed by atoms with Crippen molar-refractivity contribution < 1.29 is 9.18 Å². The quantitative estimate of drug-likeness (QED) is 0.835. The molecule has 4 nitrogen and oxygen atoms in total. The Bertz CT molecular complexity index is 482. The van der Waals surface area contributed by atoms with Crippen LogP contribution < -0.4 is 11.1 Å². The Morgan fingerprint density at radius 2 is 2.05 bits per heavy atom. The summed E-state index contributed by atoms with van der Waals surface area (Å²) in [5.74, 6) is 0.523. The first-order valence-corrected chi connectivity index (χ1v) is 7.01. The first-order valence-electron chi connectivity index (χ1n) is 7.01. The first-order chi connectivity index (χ1) is 9.44. The Morgan fingerprint density at radius 3 is 2.70 bits per heavy atom. The van der Waals surface area contributed by atoms with Gasteiger partial charge in [-0.05, 0) is 36.5 Å². The monoisotopic (exact) mass is 279 g/mol. The number of rotatable bonds is 3. The van der Waals surface area contributed by atoms with E-state index in [-0.39, 0.29) is 11.6 Å². The number of anilines is 2. The van der Waals surface area contributed by atoms with Gasteiger partial charge in [0.05, 0.1) is 12.2 Å². The fraction of sp³-hybridized carbons (Fsp3) is 0.533. The van der Waals surface area contributed by atoms with Gasteiger partial charge in [0.2, 0.25) is 5.91 Å². The molecule has 3 N–H and O–H groups in total. The number of nitrogens with two attached hydrogens (primary N) is 1. The third-order valence-electron chi connectivity index (χ3n) is 3.58. The van der Waals surface area contributed by atoms with E-state index in [1.54, 1.807) is 0 Å². The molecule has 0 bridgehead atoms. The van der Waals surface area contributed by atoms with Gasteiger partial charge < -0.3 is 11.1 Å². The number of amides is 1. The molecule has 1 fully saturated rings. The Kier molecular flexibility index (Phi) is 4.60. The number of hydrogen-bond donors (Lipinski definition) is 2. The van der Waals surface area contributed by atoms with Gasteiger partial charge in [-0.1, -0.05) is 13.8 Å². The molecule has 1 aliphatic heterocycles. The molecule has 1 aromatic carbocycles. The van der Waals surface area contributed by atoms with Crippen LogP contribution in [0.15, 0.2) is 18.2 Å². The highest BCUT2D eigenvalue weighted by Crippen LogP contribution is 2.21. The van der Waals surface area contributed by atoms with Gasteiger partial charge in [-0.15, -0.1) is 0 Å². The van der Waals surface area contributed by atoms with E-state index in [0.29, 0.717) is 24.1 Å². The summed E-state index contributed by atoms with van der Waals surface area (Å²) in [6, 6.07) is 4.17. The number of nitrogens with one attached hydrogen (secondary N) is 1. The molecule has 0 saturated carbocycles. The topological polar surface area (TPSA) is 58.4 Å². The number of likely N-dealkylation sites (tertiary alicyclic amines) is 1. The maximum atomic E-state index is 13.5. The van der Waals surface area contributed by atoms with Crippen molar-refractivity contribution in [1.29, 1.82) is 0 Å². The second kappa shape index (κ2) is 6.22. The van der Waals surface area contributed by atoms with E-state index in [2.05, 4.69) is 24.1 Å². The van der Waals surface area contributed by atoms with Crippen molar-refractivity contribution in [3.63, 3.8) is 0 Å². The first kappa shape index (κ1) is 14.8. The fourth-order valence-electron chi connectivity index (χ4n) is 2.95. The summed E-state index contributed by atoms with van der Waals surface area (Å²) in [5, 5.41) is 2.59. The normalized spacial score (nSPS) is 23.6.